The fourth-order valence-corrected chi connectivity index (χ4v) is 5.38. The molecule has 2 aliphatic rings. The van der Waals surface area contributed by atoms with Gasteiger partial charge < -0.3 is 9.42 Å². The minimum atomic E-state index is 0.0537. The minimum absolute atomic E-state index is 0.0537. The molecule has 1 unspecified atom stereocenters. The first-order chi connectivity index (χ1) is 16.7. The molecule has 2 saturated heterocycles. The largest absolute Gasteiger partial charge is 0.340 e. The molecule has 5 rings (SSSR count). The van der Waals surface area contributed by atoms with Crippen molar-refractivity contribution in [2.75, 3.05) is 45.8 Å². The number of piperidine rings is 1. The van der Waals surface area contributed by atoms with Gasteiger partial charge in [0, 0.05) is 39.3 Å². The highest BCUT2D eigenvalue weighted by molar-refractivity contribution is 7.13. The second-order valence-electron chi connectivity index (χ2n) is 9.00. The van der Waals surface area contributed by atoms with Gasteiger partial charge in [-0.25, -0.2) is 0 Å². The Morgan fingerprint density at radius 1 is 1.06 bits per heavy atom. The third-order valence-corrected chi connectivity index (χ3v) is 7.45. The van der Waals surface area contributed by atoms with Crippen molar-refractivity contribution in [3.05, 3.63) is 65.4 Å². The van der Waals surface area contributed by atoms with E-state index in [4.69, 9.17) is 4.52 Å². The van der Waals surface area contributed by atoms with E-state index in [2.05, 4.69) is 61.3 Å². The number of hydrogen-bond donors (Lipinski definition) is 0. The number of rotatable bonds is 7. The zero-order valence-electron chi connectivity index (χ0n) is 19.4. The summed E-state index contributed by atoms with van der Waals surface area (Å²) in [5.41, 5.74) is 1.22. The van der Waals surface area contributed by atoms with Crippen molar-refractivity contribution in [3.63, 3.8) is 0 Å². The summed E-state index contributed by atoms with van der Waals surface area (Å²) >= 11 is 1.60. The number of amides is 1. The van der Waals surface area contributed by atoms with Crippen LogP contribution >= 0.6 is 11.3 Å². The summed E-state index contributed by atoms with van der Waals surface area (Å²) in [5, 5.41) is 6.12. The lowest BCUT2D eigenvalue weighted by Gasteiger charge is -2.38. The summed E-state index contributed by atoms with van der Waals surface area (Å²) in [4.78, 5) is 25.5. The molecule has 34 heavy (non-hydrogen) atoms. The van der Waals surface area contributed by atoms with Gasteiger partial charge in [0.15, 0.2) is 0 Å². The number of carbonyl (C=O) groups is 1. The minimum Gasteiger partial charge on any atom is -0.340 e. The van der Waals surface area contributed by atoms with Crippen molar-refractivity contribution in [2.24, 2.45) is 5.92 Å². The van der Waals surface area contributed by atoms with E-state index in [-0.39, 0.29) is 5.92 Å². The van der Waals surface area contributed by atoms with Gasteiger partial charge in [-0.15, -0.1) is 11.3 Å². The topological polar surface area (TPSA) is 65.7 Å². The molecule has 0 bridgehead atoms. The van der Waals surface area contributed by atoms with Crippen LogP contribution in [0.3, 0.4) is 0 Å². The van der Waals surface area contributed by atoms with Crippen LogP contribution in [0.1, 0.15) is 24.3 Å². The first kappa shape index (κ1) is 23.0. The van der Waals surface area contributed by atoms with Crippen LogP contribution in [0.15, 0.2) is 58.4 Å². The molecule has 0 aliphatic carbocycles. The van der Waals surface area contributed by atoms with E-state index in [9.17, 15) is 4.79 Å². The maximum absolute atomic E-state index is 13.2. The highest BCUT2D eigenvalue weighted by atomic mass is 32.1. The summed E-state index contributed by atoms with van der Waals surface area (Å²) in [7, 11) is 0. The van der Waals surface area contributed by atoms with Crippen molar-refractivity contribution >= 4 is 23.3 Å². The number of aromatic nitrogens is 2. The van der Waals surface area contributed by atoms with Gasteiger partial charge in [0.2, 0.25) is 17.6 Å². The Hall–Kier alpha value is -2.81. The molecule has 8 heteroatoms. The van der Waals surface area contributed by atoms with Gasteiger partial charge in [-0.2, -0.15) is 4.98 Å². The quantitative estimate of drug-likeness (QED) is 0.515. The van der Waals surface area contributed by atoms with Gasteiger partial charge in [0.1, 0.15) is 0 Å². The molecule has 4 heterocycles. The number of carbonyl (C=O) groups excluding carboxylic acids is 1. The van der Waals surface area contributed by atoms with Crippen molar-refractivity contribution in [1.82, 2.24) is 24.8 Å². The van der Waals surface area contributed by atoms with Crippen LogP contribution in [0.4, 0.5) is 0 Å². The highest BCUT2D eigenvalue weighted by Gasteiger charge is 2.31. The monoisotopic (exact) mass is 477 g/mol. The molecule has 1 amide bonds. The number of hydrogen-bond acceptors (Lipinski definition) is 7. The fourth-order valence-electron chi connectivity index (χ4n) is 4.73. The summed E-state index contributed by atoms with van der Waals surface area (Å²) in [6, 6.07) is 14.4. The van der Waals surface area contributed by atoms with Crippen molar-refractivity contribution in [1.29, 1.82) is 0 Å². The molecule has 2 aromatic heterocycles. The Labute approximate surface area is 204 Å². The number of likely N-dealkylation sites (tertiary alicyclic amines) is 1. The SMILES string of the molecule is O=C(C1CCCN(Cc2nc(-c3cccs3)no2)C1)N1CCN(C/C=C/c2ccccc2)CC1. The van der Waals surface area contributed by atoms with Crippen LogP contribution in [0.5, 0.6) is 0 Å². The van der Waals surface area contributed by atoms with Gasteiger partial charge in [-0.1, -0.05) is 53.7 Å². The Balaban J connectivity index is 1.08. The first-order valence-corrected chi connectivity index (χ1v) is 12.9. The average molecular weight is 478 g/mol. The van der Waals surface area contributed by atoms with Crippen LogP contribution in [0, 0.1) is 5.92 Å². The Kier molecular flexibility index (Phi) is 7.48. The number of nitrogens with zero attached hydrogens (tertiary/aromatic N) is 5. The standard InChI is InChI=1S/C26H31N5O2S/c32-26(31-16-14-29(15-17-31)12-4-9-21-7-2-1-3-8-21)22-10-5-13-30(19-22)20-24-27-25(28-33-24)23-11-6-18-34-23/h1-4,6-9,11,18,22H,5,10,12-17,19-20H2/b9-4+. The first-order valence-electron chi connectivity index (χ1n) is 12.1. The summed E-state index contributed by atoms with van der Waals surface area (Å²) in [6.07, 6.45) is 6.36. The van der Waals surface area contributed by atoms with Gasteiger partial charge in [0.05, 0.1) is 17.3 Å². The maximum Gasteiger partial charge on any atom is 0.241 e. The van der Waals surface area contributed by atoms with E-state index in [1.165, 1.54) is 5.56 Å². The molecule has 3 aromatic rings. The maximum atomic E-state index is 13.2. The van der Waals surface area contributed by atoms with Gasteiger partial charge in [-0.3, -0.25) is 14.6 Å². The van der Waals surface area contributed by atoms with E-state index in [0.29, 0.717) is 24.2 Å². The van der Waals surface area contributed by atoms with Crippen LogP contribution < -0.4 is 0 Å². The van der Waals surface area contributed by atoms with Crippen LogP contribution in [0.25, 0.3) is 16.8 Å². The molecule has 1 atom stereocenters. The third kappa shape index (κ3) is 5.81. The number of thiophene rings is 1. The Bertz CT molecular complexity index is 1070. The van der Waals surface area contributed by atoms with Crippen molar-refractivity contribution in [2.45, 2.75) is 19.4 Å². The molecule has 0 saturated carbocycles. The van der Waals surface area contributed by atoms with E-state index in [1.54, 1.807) is 11.3 Å². The molecule has 0 N–H and O–H groups in total. The molecular weight excluding hydrogens is 446 g/mol. The molecule has 7 nitrogen and oxygen atoms in total. The third-order valence-electron chi connectivity index (χ3n) is 6.58. The predicted molar refractivity (Wildman–Crippen MR) is 134 cm³/mol. The lowest BCUT2D eigenvalue weighted by molar-refractivity contribution is -0.139. The number of benzene rings is 1. The van der Waals surface area contributed by atoms with E-state index in [0.717, 1.165) is 63.5 Å². The zero-order chi connectivity index (χ0) is 23.2. The number of piperazine rings is 1. The van der Waals surface area contributed by atoms with Gasteiger partial charge in [0.25, 0.3) is 0 Å². The second-order valence-corrected chi connectivity index (χ2v) is 9.95. The highest BCUT2D eigenvalue weighted by Crippen LogP contribution is 2.24. The lowest BCUT2D eigenvalue weighted by atomic mass is 9.96. The van der Waals surface area contributed by atoms with E-state index < -0.39 is 0 Å². The predicted octanol–water partition coefficient (Wildman–Crippen LogP) is 3.87. The molecular formula is C26H31N5O2S. The average Bonchev–Trinajstić information content (AvgIpc) is 3.57. The molecule has 0 radical (unpaired) electrons. The fraction of sp³-hybridized carbons (Fsp3) is 0.423. The van der Waals surface area contributed by atoms with Crippen molar-refractivity contribution < 1.29 is 9.32 Å². The van der Waals surface area contributed by atoms with Crippen molar-refractivity contribution in [3.8, 4) is 10.7 Å². The molecule has 2 fully saturated rings. The Morgan fingerprint density at radius 2 is 1.91 bits per heavy atom. The van der Waals surface area contributed by atoms with Crippen LogP contribution in [-0.2, 0) is 11.3 Å². The Morgan fingerprint density at radius 3 is 2.71 bits per heavy atom. The molecule has 0 spiro atoms. The zero-order valence-corrected chi connectivity index (χ0v) is 20.2. The molecule has 2 aliphatic heterocycles. The summed E-state index contributed by atoms with van der Waals surface area (Å²) in [5.74, 6) is 1.62. The summed E-state index contributed by atoms with van der Waals surface area (Å²) < 4.78 is 5.47. The molecule has 1 aromatic carbocycles. The van der Waals surface area contributed by atoms with E-state index in [1.807, 2.05) is 23.6 Å². The van der Waals surface area contributed by atoms with Gasteiger partial charge in [-0.05, 0) is 36.4 Å². The smallest absolute Gasteiger partial charge is 0.241 e. The van der Waals surface area contributed by atoms with Gasteiger partial charge >= 0.3 is 0 Å². The second kappa shape index (κ2) is 11.1. The lowest BCUT2D eigenvalue weighted by Crippen LogP contribution is -2.52. The normalized spacial score (nSPS) is 20.2. The van der Waals surface area contributed by atoms with Crippen LogP contribution in [-0.4, -0.2) is 76.6 Å². The summed E-state index contributed by atoms with van der Waals surface area (Å²) in [6.45, 7) is 6.71. The molecule has 178 valence electrons. The van der Waals surface area contributed by atoms with E-state index >= 15 is 0 Å². The van der Waals surface area contributed by atoms with Crippen LogP contribution in [0.2, 0.25) is 0 Å².